The van der Waals surface area contributed by atoms with E-state index in [1.165, 1.54) is 16.7 Å². The molecule has 1 atom stereocenters. The van der Waals surface area contributed by atoms with Crippen LogP contribution in [0.3, 0.4) is 0 Å². The SMILES string of the molecule is O=C(OCc1ccccc1)SC1Nc2ccccc2S1. The van der Waals surface area contributed by atoms with Gasteiger partial charge in [0.1, 0.15) is 11.3 Å². The first-order valence-corrected chi connectivity index (χ1v) is 7.97. The summed E-state index contributed by atoms with van der Waals surface area (Å²) in [4.78, 5) is 13.0. The largest absolute Gasteiger partial charge is 0.453 e. The molecular weight excluding hydrogens is 290 g/mol. The number of hydrogen-bond donors (Lipinski definition) is 1. The van der Waals surface area contributed by atoms with Gasteiger partial charge < -0.3 is 10.1 Å². The van der Waals surface area contributed by atoms with E-state index in [0.717, 1.165) is 11.3 Å². The summed E-state index contributed by atoms with van der Waals surface area (Å²) < 4.78 is 5.24. The number of hydrogen-bond acceptors (Lipinski definition) is 5. The Hall–Kier alpha value is -1.59. The summed E-state index contributed by atoms with van der Waals surface area (Å²) in [5.74, 6) is 0. The van der Waals surface area contributed by atoms with Gasteiger partial charge in [0.25, 0.3) is 0 Å². The number of anilines is 1. The molecule has 0 spiro atoms. The molecule has 1 heterocycles. The molecule has 1 aliphatic rings. The van der Waals surface area contributed by atoms with Crippen molar-refractivity contribution in [3.63, 3.8) is 0 Å². The number of rotatable bonds is 3. The van der Waals surface area contributed by atoms with Crippen LogP contribution in [0.1, 0.15) is 5.56 Å². The standard InChI is InChI=1S/C15H13NO2S2/c17-15(18-10-11-6-2-1-3-7-11)20-14-16-12-8-4-5-9-13(12)19-14/h1-9,14,16H,10H2. The molecule has 5 heteroatoms. The van der Waals surface area contributed by atoms with Gasteiger partial charge in [-0.3, -0.25) is 0 Å². The Morgan fingerprint density at radius 1 is 1.15 bits per heavy atom. The van der Waals surface area contributed by atoms with Crippen molar-refractivity contribution in [3.05, 3.63) is 60.2 Å². The molecule has 1 unspecified atom stereocenters. The number of carbonyl (C=O) groups is 1. The first-order chi connectivity index (χ1) is 9.81. The van der Waals surface area contributed by atoms with E-state index in [4.69, 9.17) is 4.74 Å². The molecule has 0 aromatic heterocycles. The summed E-state index contributed by atoms with van der Waals surface area (Å²) in [6, 6.07) is 17.7. The molecule has 2 aromatic rings. The predicted molar refractivity (Wildman–Crippen MR) is 83.9 cm³/mol. The van der Waals surface area contributed by atoms with Gasteiger partial charge in [-0.15, -0.1) is 0 Å². The van der Waals surface area contributed by atoms with E-state index in [-0.39, 0.29) is 10.0 Å². The Kier molecular flexibility index (Phi) is 4.18. The zero-order valence-electron chi connectivity index (χ0n) is 10.6. The molecule has 0 radical (unpaired) electrons. The lowest BCUT2D eigenvalue weighted by Gasteiger charge is -2.09. The lowest BCUT2D eigenvalue weighted by molar-refractivity contribution is 0.168. The van der Waals surface area contributed by atoms with Crippen molar-refractivity contribution in [2.24, 2.45) is 0 Å². The Morgan fingerprint density at radius 3 is 2.70 bits per heavy atom. The van der Waals surface area contributed by atoms with Gasteiger partial charge in [0.05, 0.1) is 0 Å². The van der Waals surface area contributed by atoms with Gasteiger partial charge in [0.2, 0.25) is 0 Å². The van der Waals surface area contributed by atoms with E-state index < -0.39 is 0 Å². The summed E-state index contributed by atoms with van der Waals surface area (Å²) in [5, 5.41) is 3.03. The Bertz CT molecular complexity index is 579. The van der Waals surface area contributed by atoms with E-state index in [1.807, 2.05) is 54.6 Å². The molecule has 20 heavy (non-hydrogen) atoms. The number of benzene rings is 2. The molecule has 0 saturated carbocycles. The van der Waals surface area contributed by atoms with E-state index in [2.05, 4.69) is 5.32 Å². The van der Waals surface area contributed by atoms with Crippen molar-refractivity contribution >= 4 is 34.5 Å². The molecule has 3 rings (SSSR count). The van der Waals surface area contributed by atoms with Gasteiger partial charge in [0.15, 0.2) is 0 Å². The lowest BCUT2D eigenvalue weighted by atomic mass is 10.2. The zero-order chi connectivity index (χ0) is 13.8. The van der Waals surface area contributed by atoms with Crippen LogP contribution in [0.15, 0.2) is 59.5 Å². The van der Waals surface area contributed by atoms with Crippen molar-refractivity contribution < 1.29 is 9.53 Å². The molecule has 102 valence electrons. The molecular formula is C15H13NO2S2. The number of carbonyl (C=O) groups excluding carboxylic acids is 1. The summed E-state index contributed by atoms with van der Waals surface area (Å²) >= 11 is 2.81. The van der Waals surface area contributed by atoms with Crippen LogP contribution in [0.5, 0.6) is 0 Å². The maximum absolute atomic E-state index is 11.8. The van der Waals surface area contributed by atoms with Gasteiger partial charge in [0, 0.05) is 10.6 Å². The third-order valence-corrected chi connectivity index (χ3v) is 4.96. The zero-order valence-corrected chi connectivity index (χ0v) is 12.2. The van der Waals surface area contributed by atoms with Gasteiger partial charge in [-0.25, -0.2) is 4.79 Å². The fourth-order valence-corrected chi connectivity index (χ4v) is 3.91. The normalized spacial score (nSPS) is 16.3. The van der Waals surface area contributed by atoms with Gasteiger partial charge >= 0.3 is 5.30 Å². The van der Waals surface area contributed by atoms with Crippen LogP contribution in [0.25, 0.3) is 0 Å². The average molecular weight is 303 g/mol. The quantitative estimate of drug-likeness (QED) is 0.842. The topological polar surface area (TPSA) is 38.3 Å². The highest BCUT2D eigenvalue weighted by molar-refractivity contribution is 8.24. The van der Waals surface area contributed by atoms with Crippen LogP contribution in [0.2, 0.25) is 0 Å². The summed E-state index contributed by atoms with van der Waals surface area (Å²) in [5.41, 5.74) is 2.07. The van der Waals surface area contributed by atoms with Crippen LogP contribution in [-0.4, -0.2) is 10.0 Å². The molecule has 2 aromatic carbocycles. The monoisotopic (exact) mass is 303 g/mol. The lowest BCUT2D eigenvalue weighted by Crippen LogP contribution is -2.09. The minimum atomic E-state index is -0.258. The highest BCUT2D eigenvalue weighted by Crippen LogP contribution is 2.42. The average Bonchev–Trinajstić information content (AvgIpc) is 2.88. The van der Waals surface area contributed by atoms with E-state index in [0.29, 0.717) is 6.61 Å². The number of fused-ring (bicyclic) bond motifs is 1. The molecule has 0 bridgehead atoms. The second-order valence-electron chi connectivity index (χ2n) is 4.23. The molecule has 0 amide bonds. The van der Waals surface area contributed by atoms with Crippen LogP contribution < -0.4 is 5.32 Å². The third-order valence-electron chi connectivity index (χ3n) is 2.80. The van der Waals surface area contributed by atoms with Crippen molar-refractivity contribution in [1.29, 1.82) is 0 Å². The first-order valence-electron chi connectivity index (χ1n) is 6.21. The predicted octanol–water partition coefficient (Wildman–Crippen LogP) is 4.56. The Labute approximate surface area is 126 Å². The highest BCUT2D eigenvalue weighted by atomic mass is 32.2. The van der Waals surface area contributed by atoms with Crippen molar-refractivity contribution in [2.45, 2.75) is 16.2 Å². The van der Waals surface area contributed by atoms with E-state index >= 15 is 0 Å². The van der Waals surface area contributed by atoms with Crippen LogP contribution in [0, 0.1) is 0 Å². The van der Waals surface area contributed by atoms with Gasteiger partial charge in [-0.1, -0.05) is 54.2 Å². The molecule has 1 aliphatic heterocycles. The van der Waals surface area contributed by atoms with Crippen LogP contribution in [0.4, 0.5) is 10.5 Å². The fourth-order valence-electron chi connectivity index (χ4n) is 1.85. The summed E-state index contributed by atoms with van der Waals surface area (Å²) in [6.45, 7) is 0.316. The second kappa shape index (κ2) is 6.24. The number of thioether (sulfide) groups is 2. The van der Waals surface area contributed by atoms with E-state index in [1.54, 1.807) is 11.8 Å². The number of ether oxygens (including phenoxy) is 1. The molecule has 1 N–H and O–H groups in total. The van der Waals surface area contributed by atoms with Gasteiger partial charge in [-0.05, 0) is 29.5 Å². The summed E-state index contributed by atoms with van der Waals surface area (Å²) in [6.07, 6.45) is 0. The minimum absolute atomic E-state index is 0.0179. The van der Waals surface area contributed by atoms with Crippen molar-refractivity contribution in [2.75, 3.05) is 5.32 Å². The number of nitrogens with one attached hydrogen (secondary N) is 1. The minimum Gasteiger partial charge on any atom is -0.453 e. The smallest absolute Gasteiger partial charge is 0.370 e. The second-order valence-corrected chi connectivity index (χ2v) is 6.72. The maximum atomic E-state index is 11.8. The third kappa shape index (κ3) is 3.29. The molecule has 3 nitrogen and oxygen atoms in total. The number of para-hydroxylation sites is 1. The molecule has 0 aliphatic carbocycles. The van der Waals surface area contributed by atoms with Crippen LogP contribution >= 0.6 is 23.5 Å². The highest BCUT2D eigenvalue weighted by Gasteiger charge is 2.24. The summed E-state index contributed by atoms with van der Waals surface area (Å²) in [7, 11) is 0. The van der Waals surface area contributed by atoms with Gasteiger partial charge in [-0.2, -0.15) is 0 Å². The fraction of sp³-hybridized carbons (Fsp3) is 0.133. The molecule has 0 saturated heterocycles. The van der Waals surface area contributed by atoms with Crippen molar-refractivity contribution in [3.8, 4) is 0 Å². The molecule has 0 fully saturated rings. The Balaban J connectivity index is 1.49. The maximum Gasteiger partial charge on any atom is 0.370 e. The van der Waals surface area contributed by atoms with Crippen molar-refractivity contribution in [1.82, 2.24) is 0 Å². The van der Waals surface area contributed by atoms with E-state index in [9.17, 15) is 4.79 Å². The first kappa shape index (κ1) is 13.4. The Morgan fingerprint density at radius 2 is 1.90 bits per heavy atom. The van der Waals surface area contributed by atoms with Crippen LogP contribution in [-0.2, 0) is 11.3 Å².